The number of hydrogen-bond acceptors (Lipinski definition) is 5. The Hall–Kier alpha value is -1.66. The molecule has 102 valence electrons. The summed E-state index contributed by atoms with van der Waals surface area (Å²) in [6.45, 7) is 7.42. The summed E-state index contributed by atoms with van der Waals surface area (Å²) in [6, 6.07) is 0. The van der Waals surface area contributed by atoms with Crippen LogP contribution in [0.4, 0.5) is 0 Å². The molecule has 0 aromatic carbocycles. The Kier molecular flexibility index (Phi) is 5.54. The van der Waals surface area contributed by atoms with Crippen LogP contribution in [0.5, 0.6) is 0 Å². The fourth-order valence-electron chi connectivity index (χ4n) is 1.73. The third-order valence-electron chi connectivity index (χ3n) is 2.53. The Morgan fingerprint density at radius 1 is 1.33 bits per heavy atom. The van der Waals surface area contributed by atoms with Crippen molar-refractivity contribution in [1.29, 1.82) is 0 Å². The highest BCUT2D eigenvalue weighted by atomic mass is 16.6. The molecule has 2 saturated heterocycles. The van der Waals surface area contributed by atoms with Gasteiger partial charge in [-0.3, -0.25) is 0 Å². The molecule has 18 heavy (non-hydrogen) atoms. The van der Waals surface area contributed by atoms with E-state index in [1.54, 1.807) is 0 Å². The number of esters is 1. The van der Waals surface area contributed by atoms with Gasteiger partial charge in [0, 0.05) is 20.2 Å². The second kappa shape index (κ2) is 6.93. The molecule has 1 unspecified atom stereocenters. The van der Waals surface area contributed by atoms with E-state index in [1.165, 1.54) is 0 Å². The van der Waals surface area contributed by atoms with Gasteiger partial charge in [-0.25, -0.2) is 9.59 Å². The second-order valence-electron chi connectivity index (χ2n) is 3.72. The van der Waals surface area contributed by atoms with Gasteiger partial charge < -0.3 is 19.3 Å². The van der Waals surface area contributed by atoms with Crippen LogP contribution in [-0.2, 0) is 23.8 Å². The Bertz CT molecular complexity index is 343. The molecule has 0 aliphatic carbocycles. The van der Waals surface area contributed by atoms with Crippen LogP contribution < -0.4 is 0 Å². The minimum atomic E-state index is -0.981. The first kappa shape index (κ1) is 14.4. The highest BCUT2D eigenvalue weighted by Crippen LogP contribution is 2.28. The molecule has 0 amide bonds. The Labute approximate surface area is 106 Å². The molecule has 2 aliphatic rings. The summed E-state index contributed by atoms with van der Waals surface area (Å²) in [5, 5.41) is 7.60. The molecular weight excluding hydrogens is 240 g/mol. The predicted octanol–water partition coefficient (Wildman–Crippen LogP) is 0.775. The van der Waals surface area contributed by atoms with Gasteiger partial charge in [-0.05, 0) is 6.42 Å². The molecule has 0 bridgehead atoms. The van der Waals surface area contributed by atoms with Crippen LogP contribution in [0, 0.1) is 0 Å². The van der Waals surface area contributed by atoms with E-state index in [9.17, 15) is 9.59 Å². The lowest BCUT2D eigenvalue weighted by atomic mass is 10.1. The number of carboxylic acids is 1. The minimum Gasteiger partial charge on any atom is -0.478 e. The van der Waals surface area contributed by atoms with Gasteiger partial charge in [0.2, 0.25) is 0 Å². The zero-order valence-electron chi connectivity index (χ0n) is 9.91. The van der Waals surface area contributed by atoms with Crippen LogP contribution in [0.1, 0.15) is 7.85 Å². The van der Waals surface area contributed by atoms with Crippen molar-refractivity contribution in [3.05, 3.63) is 25.3 Å². The maximum Gasteiger partial charge on any atom is 0.330 e. The van der Waals surface area contributed by atoms with Crippen LogP contribution >= 0.6 is 0 Å². The maximum atomic E-state index is 10.9. The molecule has 2 rings (SSSR count). The SMILES string of the molecule is C=CC(=O)O.C=CC(=O)O[C@@H]1CO[C@@H]2CCOC21.[HH]. The number of ether oxygens (including phenoxy) is 3. The van der Waals surface area contributed by atoms with E-state index in [2.05, 4.69) is 13.2 Å². The van der Waals surface area contributed by atoms with E-state index >= 15 is 0 Å². The molecule has 0 aromatic rings. The first-order valence-corrected chi connectivity index (χ1v) is 5.50. The number of aliphatic carboxylic acids is 1. The highest BCUT2D eigenvalue weighted by molar-refractivity contribution is 5.81. The summed E-state index contributed by atoms with van der Waals surface area (Å²) in [4.78, 5) is 20.2. The summed E-state index contributed by atoms with van der Waals surface area (Å²) < 4.78 is 15.9. The van der Waals surface area contributed by atoms with Gasteiger partial charge in [-0.2, -0.15) is 0 Å². The second-order valence-corrected chi connectivity index (χ2v) is 3.72. The van der Waals surface area contributed by atoms with Crippen molar-refractivity contribution in [2.45, 2.75) is 24.7 Å². The topological polar surface area (TPSA) is 82.1 Å². The first-order valence-electron chi connectivity index (χ1n) is 5.50. The zero-order valence-corrected chi connectivity index (χ0v) is 9.91. The van der Waals surface area contributed by atoms with E-state index in [0.717, 1.165) is 18.6 Å². The van der Waals surface area contributed by atoms with Gasteiger partial charge >= 0.3 is 11.9 Å². The molecular formula is C12H18O6. The normalized spacial score (nSPS) is 28.6. The van der Waals surface area contributed by atoms with Crippen molar-refractivity contribution in [1.82, 2.24) is 0 Å². The van der Waals surface area contributed by atoms with Crippen LogP contribution in [0.15, 0.2) is 25.3 Å². The Morgan fingerprint density at radius 2 is 2.00 bits per heavy atom. The van der Waals surface area contributed by atoms with Crippen molar-refractivity contribution in [2.24, 2.45) is 0 Å². The molecule has 6 nitrogen and oxygen atoms in total. The van der Waals surface area contributed by atoms with Gasteiger partial charge in [-0.15, -0.1) is 0 Å². The van der Waals surface area contributed by atoms with Gasteiger partial charge in [0.25, 0.3) is 0 Å². The van der Waals surface area contributed by atoms with Crippen LogP contribution in [0.2, 0.25) is 0 Å². The first-order chi connectivity index (χ1) is 8.58. The van der Waals surface area contributed by atoms with Crippen molar-refractivity contribution < 1.29 is 30.3 Å². The van der Waals surface area contributed by atoms with Crippen molar-refractivity contribution in [3.63, 3.8) is 0 Å². The lowest BCUT2D eigenvalue weighted by molar-refractivity contribution is -0.147. The summed E-state index contributed by atoms with van der Waals surface area (Å²) in [7, 11) is 0. The average Bonchev–Trinajstić information content (AvgIpc) is 2.94. The largest absolute Gasteiger partial charge is 0.478 e. The van der Waals surface area contributed by atoms with Gasteiger partial charge in [0.15, 0.2) is 6.10 Å². The summed E-state index contributed by atoms with van der Waals surface area (Å²) in [5.74, 6) is -1.39. The third-order valence-corrected chi connectivity index (χ3v) is 2.53. The predicted molar refractivity (Wildman–Crippen MR) is 64.1 cm³/mol. The lowest BCUT2D eigenvalue weighted by Gasteiger charge is -2.15. The van der Waals surface area contributed by atoms with E-state index in [0.29, 0.717) is 13.2 Å². The molecule has 6 heteroatoms. The minimum absolute atomic E-state index is 0. The standard InChI is InChI=1S/C9H12O4.C3H4O2.H2/c1-2-8(10)13-7-5-12-6-3-4-11-9(6)7;1-2-3(4)5;/h2,6-7,9H,1,3-5H2;2H,1H2,(H,4,5);1H/t6-,7-,9?;;/m1../s1. The molecule has 1 N–H and O–H groups in total. The maximum absolute atomic E-state index is 10.9. The summed E-state index contributed by atoms with van der Waals surface area (Å²) >= 11 is 0. The number of carbonyl (C=O) groups excluding carboxylic acids is 1. The number of carbonyl (C=O) groups is 2. The smallest absolute Gasteiger partial charge is 0.330 e. The van der Waals surface area contributed by atoms with Gasteiger partial charge in [0.05, 0.1) is 12.7 Å². The summed E-state index contributed by atoms with van der Waals surface area (Å²) in [5.41, 5.74) is 0. The third kappa shape index (κ3) is 3.97. The van der Waals surface area contributed by atoms with Crippen molar-refractivity contribution in [3.8, 4) is 0 Å². The van der Waals surface area contributed by atoms with Crippen molar-refractivity contribution in [2.75, 3.05) is 13.2 Å². The molecule has 0 aromatic heterocycles. The molecule has 2 heterocycles. The number of carboxylic acid groups (broad SMARTS) is 1. The molecule has 2 fully saturated rings. The molecule has 0 radical (unpaired) electrons. The average molecular weight is 258 g/mol. The number of rotatable bonds is 3. The van der Waals surface area contributed by atoms with Gasteiger partial charge in [-0.1, -0.05) is 13.2 Å². The fourth-order valence-corrected chi connectivity index (χ4v) is 1.73. The van der Waals surface area contributed by atoms with Crippen LogP contribution in [0.3, 0.4) is 0 Å². The van der Waals surface area contributed by atoms with Crippen LogP contribution in [-0.4, -0.2) is 48.6 Å². The van der Waals surface area contributed by atoms with E-state index in [1.807, 2.05) is 0 Å². The van der Waals surface area contributed by atoms with E-state index < -0.39 is 11.9 Å². The molecule has 3 atom stereocenters. The fraction of sp³-hybridized carbons (Fsp3) is 0.500. The summed E-state index contributed by atoms with van der Waals surface area (Å²) in [6.07, 6.45) is 2.68. The number of fused-ring (bicyclic) bond motifs is 1. The quantitative estimate of drug-likeness (QED) is 0.595. The van der Waals surface area contributed by atoms with Crippen molar-refractivity contribution >= 4 is 11.9 Å². The Balaban J connectivity index is 0.000000471. The monoisotopic (exact) mass is 258 g/mol. The van der Waals surface area contributed by atoms with E-state index in [-0.39, 0.29) is 19.7 Å². The lowest BCUT2D eigenvalue weighted by Crippen LogP contribution is -2.31. The molecule has 0 saturated carbocycles. The van der Waals surface area contributed by atoms with Gasteiger partial charge in [0.1, 0.15) is 6.10 Å². The Morgan fingerprint density at radius 3 is 2.56 bits per heavy atom. The zero-order chi connectivity index (χ0) is 13.5. The molecule has 0 spiro atoms. The number of hydrogen-bond donors (Lipinski definition) is 1. The molecule has 2 aliphatic heterocycles. The highest BCUT2D eigenvalue weighted by Gasteiger charge is 2.43. The van der Waals surface area contributed by atoms with E-state index in [4.69, 9.17) is 19.3 Å². The van der Waals surface area contributed by atoms with Crippen LogP contribution in [0.25, 0.3) is 0 Å².